The summed E-state index contributed by atoms with van der Waals surface area (Å²) in [6.45, 7) is 1.65. The molecule has 4 heteroatoms. The van der Waals surface area contributed by atoms with Crippen molar-refractivity contribution >= 4 is 0 Å². The molecule has 1 aromatic rings. The van der Waals surface area contributed by atoms with Crippen molar-refractivity contribution in [2.45, 2.75) is 25.6 Å². The highest BCUT2D eigenvalue weighted by atomic mass is 16.3. The number of hydrogen-bond acceptors (Lipinski definition) is 4. The molecule has 86 valence electrons. The molecule has 3 N–H and O–H groups in total. The molecule has 0 aromatic heterocycles. The van der Waals surface area contributed by atoms with Gasteiger partial charge in [-0.25, -0.2) is 0 Å². The zero-order valence-electron chi connectivity index (χ0n) is 9.09. The minimum atomic E-state index is -1.14. The Morgan fingerprint density at radius 1 is 1.38 bits per heavy atom. The Morgan fingerprint density at radius 2 is 2.06 bits per heavy atom. The number of rotatable bonds is 4. The number of aliphatic hydroxyl groups is 3. The van der Waals surface area contributed by atoms with E-state index in [1.165, 1.54) is 0 Å². The van der Waals surface area contributed by atoms with Gasteiger partial charge in [0, 0.05) is 12.2 Å². The van der Waals surface area contributed by atoms with E-state index >= 15 is 0 Å². The Morgan fingerprint density at radius 3 is 2.62 bits per heavy atom. The van der Waals surface area contributed by atoms with Crippen LogP contribution >= 0.6 is 0 Å². The summed E-state index contributed by atoms with van der Waals surface area (Å²) < 4.78 is 0. The molecule has 0 aliphatic carbocycles. The summed E-state index contributed by atoms with van der Waals surface area (Å²) in [6.07, 6.45) is -2.11. The van der Waals surface area contributed by atoms with Gasteiger partial charge < -0.3 is 15.3 Å². The van der Waals surface area contributed by atoms with Crippen LogP contribution in [-0.2, 0) is 0 Å². The number of benzene rings is 1. The summed E-state index contributed by atoms with van der Waals surface area (Å²) in [4.78, 5) is 0. The largest absolute Gasteiger partial charge is 0.396 e. The lowest BCUT2D eigenvalue weighted by atomic mass is 9.96. The summed E-state index contributed by atoms with van der Waals surface area (Å²) >= 11 is 0. The van der Waals surface area contributed by atoms with Crippen LogP contribution in [0.25, 0.3) is 0 Å². The molecule has 1 aromatic carbocycles. The molecule has 0 saturated carbocycles. The summed E-state index contributed by atoms with van der Waals surface area (Å²) in [5.74, 6) is 0. The van der Waals surface area contributed by atoms with Crippen molar-refractivity contribution in [1.82, 2.24) is 0 Å². The standard InChI is InChI=1S/C12H15NO3/c1-8-2-3-10(9(6-8)7-13)12(16)11(15)4-5-14/h2-3,6,11-12,14-16H,4-5H2,1H3. The second-order valence-electron chi connectivity index (χ2n) is 3.73. The fraction of sp³-hybridized carbons (Fsp3) is 0.417. The van der Waals surface area contributed by atoms with Crippen LogP contribution in [-0.4, -0.2) is 28.0 Å². The van der Waals surface area contributed by atoms with Crippen LogP contribution in [0, 0.1) is 18.3 Å². The van der Waals surface area contributed by atoms with Crippen molar-refractivity contribution in [3.63, 3.8) is 0 Å². The molecule has 2 atom stereocenters. The van der Waals surface area contributed by atoms with E-state index in [-0.39, 0.29) is 13.0 Å². The van der Waals surface area contributed by atoms with E-state index in [1.54, 1.807) is 18.2 Å². The van der Waals surface area contributed by atoms with Crippen LogP contribution in [0.4, 0.5) is 0 Å². The van der Waals surface area contributed by atoms with Gasteiger partial charge in [-0.3, -0.25) is 0 Å². The van der Waals surface area contributed by atoms with Gasteiger partial charge in [0.25, 0.3) is 0 Å². The SMILES string of the molecule is Cc1ccc(C(O)C(O)CCO)c(C#N)c1. The lowest BCUT2D eigenvalue weighted by Gasteiger charge is -2.18. The molecular weight excluding hydrogens is 206 g/mol. The predicted octanol–water partition coefficient (Wildman–Crippen LogP) is 0.643. The maximum absolute atomic E-state index is 9.81. The van der Waals surface area contributed by atoms with Crippen LogP contribution in [0.3, 0.4) is 0 Å². The molecule has 0 heterocycles. The number of nitriles is 1. The smallest absolute Gasteiger partial charge is 0.106 e. The summed E-state index contributed by atoms with van der Waals surface area (Å²) in [5, 5.41) is 36.9. The van der Waals surface area contributed by atoms with Crippen molar-refractivity contribution < 1.29 is 15.3 Å². The summed E-state index contributed by atoms with van der Waals surface area (Å²) in [7, 11) is 0. The number of hydrogen-bond donors (Lipinski definition) is 3. The van der Waals surface area contributed by atoms with Crippen molar-refractivity contribution in [2.75, 3.05) is 6.61 Å². The molecule has 0 aliphatic heterocycles. The first-order valence-electron chi connectivity index (χ1n) is 5.07. The Kier molecular flexibility index (Phi) is 4.44. The number of aliphatic hydroxyl groups excluding tert-OH is 3. The van der Waals surface area contributed by atoms with Gasteiger partial charge in [0.1, 0.15) is 6.10 Å². The zero-order valence-corrected chi connectivity index (χ0v) is 9.09. The van der Waals surface area contributed by atoms with Crippen molar-refractivity contribution in [3.05, 3.63) is 34.9 Å². The number of nitrogens with zero attached hydrogens (tertiary/aromatic N) is 1. The average Bonchev–Trinajstić information content (AvgIpc) is 2.28. The molecule has 0 aliphatic rings. The van der Waals surface area contributed by atoms with Gasteiger partial charge >= 0.3 is 0 Å². The van der Waals surface area contributed by atoms with Crippen LogP contribution in [0.2, 0.25) is 0 Å². The lowest BCUT2D eigenvalue weighted by Crippen LogP contribution is -2.20. The average molecular weight is 221 g/mol. The molecule has 0 spiro atoms. The van der Waals surface area contributed by atoms with E-state index in [4.69, 9.17) is 10.4 Å². The fourth-order valence-corrected chi connectivity index (χ4v) is 1.52. The Labute approximate surface area is 94.4 Å². The van der Waals surface area contributed by atoms with E-state index in [0.717, 1.165) is 5.56 Å². The monoisotopic (exact) mass is 221 g/mol. The Hall–Kier alpha value is -1.41. The molecular formula is C12H15NO3. The maximum atomic E-state index is 9.81. The molecule has 0 radical (unpaired) electrons. The Balaban J connectivity index is 2.99. The predicted molar refractivity (Wildman–Crippen MR) is 58.6 cm³/mol. The lowest BCUT2D eigenvalue weighted by molar-refractivity contribution is 0.00407. The summed E-state index contributed by atoms with van der Waals surface area (Å²) in [5.41, 5.74) is 1.67. The van der Waals surface area contributed by atoms with E-state index < -0.39 is 12.2 Å². The molecule has 0 amide bonds. The summed E-state index contributed by atoms with van der Waals surface area (Å²) in [6, 6.07) is 7.03. The normalized spacial score (nSPS) is 14.2. The van der Waals surface area contributed by atoms with E-state index in [0.29, 0.717) is 11.1 Å². The van der Waals surface area contributed by atoms with Crippen LogP contribution in [0.15, 0.2) is 18.2 Å². The third-order valence-corrected chi connectivity index (χ3v) is 2.44. The number of aryl methyl sites for hydroxylation is 1. The van der Waals surface area contributed by atoms with Gasteiger partial charge in [-0.15, -0.1) is 0 Å². The molecule has 4 nitrogen and oxygen atoms in total. The first kappa shape index (κ1) is 12.7. The molecule has 2 unspecified atom stereocenters. The highest BCUT2D eigenvalue weighted by Crippen LogP contribution is 2.23. The van der Waals surface area contributed by atoms with Crippen molar-refractivity contribution in [3.8, 4) is 6.07 Å². The second-order valence-corrected chi connectivity index (χ2v) is 3.73. The first-order valence-corrected chi connectivity index (χ1v) is 5.07. The fourth-order valence-electron chi connectivity index (χ4n) is 1.52. The second kappa shape index (κ2) is 5.61. The van der Waals surface area contributed by atoms with E-state index in [9.17, 15) is 10.2 Å². The van der Waals surface area contributed by atoms with Gasteiger partial charge in [-0.05, 0) is 25.0 Å². The topological polar surface area (TPSA) is 84.5 Å². The minimum absolute atomic E-state index is 0.0832. The van der Waals surface area contributed by atoms with Gasteiger partial charge in [0.05, 0.1) is 17.7 Å². The first-order chi connectivity index (χ1) is 7.60. The van der Waals surface area contributed by atoms with Gasteiger partial charge in [0.2, 0.25) is 0 Å². The maximum Gasteiger partial charge on any atom is 0.106 e. The van der Waals surface area contributed by atoms with Crippen LogP contribution in [0.1, 0.15) is 29.2 Å². The van der Waals surface area contributed by atoms with Crippen molar-refractivity contribution in [1.29, 1.82) is 5.26 Å². The third-order valence-electron chi connectivity index (χ3n) is 2.44. The molecule has 0 bridgehead atoms. The molecule has 0 saturated heterocycles. The molecule has 16 heavy (non-hydrogen) atoms. The minimum Gasteiger partial charge on any atom is -0.396 e. The van der Waals surface area contributed by atoms with E-state index in [2.05, 4.69) is 0 Å². The van der Waals surface area contributed by atoms with Gasteiger partial charge in [-0.1, -0.05) is 12.1 Å². The van der Waals surface area contributed by atoms with Gasteiger partial charge in [-0.2, -0.15) is 5.26 Å². The van der Waals surface area contributed by atoms with Crippen LogP contribution < -0.4 is 0 Å². The highest BCUT2D eigenvalue weighted by molar-refractivity contribution is 5.41. The quantitative estimate of drug-likeness (QED) is 0.696. The van der Waals surface area contributed by atoms with Crippen LogP contribution in [0.5, 0.6) is 0 Å². The zero-order chi connectivity index (χ0) is 12.1. The third kappa shape index (κ3) is 2.80. The molecule has 0 fully saturated rings. The molecule has 1 rings (SSSR count). The Bertz CT molecular complexity index is 398. The highest BCUT2D eigenvalue weighted by Gasteiger charge is 2.20. The van der Waals surface area contributed by atoms with Crippen molar-refractivity contribution in [2.24, 2.45) is 0 Å². The van der Waals surface area contributed by atoms with Gasteiger partial charge in [0.15, 0.2) is 0 Å². The van der Waals surface area contributed by atoms with E-state index in [1.807, 2.05) is 13.0 Å².